The van der Waals surface area contributed by atoms with Crippen molar-refractivity contribution < 1.29 is 13.2 Å². The van der Waals surface area contributed by atoms with Gasteiger partial charge in [0.05, 0.1) is 12.2 Å². The number of rotatable bonds is 5. The van der Waals surface area contributed by atoms with E-state index in [1.54, 1.807) is 17.1 Å². The Balaban J connectivity index is 1.56. The van der Waals surface area contributed by atoms with Crippen molar-refractivity contribution in [3.8, 4) is 11.1 Å². The van der Waals surface area contributed by atoms with Crippen LogP contribution in [0.1, 0.15) is 18.3 Å². The van der Waals surface area contributed by atoms with Crippen molar-refractivity contribution in [2.75, 3.05) is 24.1 Å². The Morgan fingerprint density at radius 1 is 1.19 bits per heavy atom. The highest BCUT2D eigenvalue weighted by Gasteiger charge is 2.20. The molecule has 0 amide bonds. The van der Waals surface area contributed by atoms with Gasteiger partial charge in [0.1, 0.15) is 23.3 Å². The molecule has 0 bridgehead atoms. The summed E-state index contributed by atoms with van der Waals surface area (Å²) in [6, 6.07) is 2.68. The molecule has 11 heteroatoms. The van der Waals surface area contributed by atoms with Gasteiger partial charge in [-0.15, -0.1) is 0 Å². The van der Waals surface area contributed by atoms with Gasteiger partial charge in [0.15, 0.2) is 5.82 Å². The molecule has 3 aromatic heterocycles. The van der Waals surface area contributed by atoms with Crippen molar-refractivity contribution in [2.24, 2.45) is 0 Å². The Morgan fingerprint density at radius 2 is 2.00 bits per heavy atom. The molecular formula is C16H15F3N8. The van der Waals surface area contributed by atoms with Gasteiger partial charge in [-0.25, -0.2) is 28.1 Å². The molecular weight excluding hydrogens is 361 g/mol. The number of nitrogens with one attached hydrogen (secondary N) is 2. The third-order valence-electron chi connectivity index (χ3n) is 4.11. The minimum Gasteiger partial charge on any atom is -0.384 e. The molecule has 0 spiro atoms. The SMILES string of the molecule is Nc1cc(Nc2cc(F)c(-c3cnn(C4CNC4)c3)cn2)nc(C(F)F)n1. The zero-order chi connectivity index (χ0) is 19.0. The van der Waals surface area contributed by atoms with Crippen LogP contribution in [0.25, 0.3) is 11.1 Å². The smallest absolute Gasteiger partial charge is 0.297 e. The van der Waals surface area contributed by atoms with E-state index in [2.05, 4.69) is 30.7 Å². The maximum atomic E-state index is 14.5. The van der Waals surface area contributed by atoms with Gasteiger partial charge < -0.3 is 16.4 Å². The fourth-order valence-electron chi connectivity index (χ4n) is 2.63. The fraction of sp³-hybridized carbons (Fsp3) is 0.250. The van der Waals surface area contributed by atoms with Crippen molar-refractivity contribution in [1.82, 2.24) is 30.0 Å². The van der Waals surface area contributed by atoms with E-state index < -0.39 is 18.1 Å². The fourth-order valence-corrected chi connectivity index (χ4v) is 2.63. The molecule has 140 valence electrons. The van der Waals surface area contributed by atoms with Gasteiger partial charge in [0, 0.05) is 48.7 Å². The predicted molar refractivity (Wildman–Crippen MR) is 92.0 cm³/mol. The molecule has 3 aromatic rings. The lowest BCUT2D eigenvalue weighted by Crippen LogP contribution is -2.43. The van der Waals surface area contributed by atoms with Gasteiger partial charge >= 0.3 is 0 Å². The summed E-state index contributed by atoms with van der Waals surface area (Å²) in [5.74, 6) is -1.27. The molecule has 0 saturated carbocycles. The summed E-state index contributed by atoms with van der Waals surface area (Å²) in [7, 11) is 0. The molecule has 8 nitrogen and oxygen atoms in total. The van der Waals surface area contributed by atoms with Crippen LogP contribution in [0.15, 0.2) is 30.7 Å². The highest BCUT2D eigenvalue weighted by molar-refractivity contribution is 5.64. The van der Waals surface area contributed by atoms with E-state index in [0.29, 0.717) is 5.56 Å². The topological polar surface area (TPSA) is 107 Å². The normalized spacial score (nSPS) is 14.4. The number of nitrogen functional groups attached to an aromatic ring is 1. The van der Waals surface area contributed by atoms with E-state index in [4.69, 9.17) is 5.73 Å². The van der Waals surface area contributed by atoms with E-state index in [-0.39, 0.29) is 29.1 Å². The minimum atomic E-state index is -2.87. The molecule has 0 radical (unpaired) electrons. The number of pyridine rings is 1. The summed E-state index contributed by atoms with van der Waals surface area (Å²) >= 11 is 0. The summed E-state index contributed by atoms with van der Waals surface area (Å²) in [5.41, 5.74) is 6.38. The Kier molecular flexibility index (Phi) is 4.36. The molecule has 4 N–H and O–H groups in total. The van der Waals surface area contributed by atoms with Gasteiger partial charge in [-0.3, -0.25) is 4.68 Å². The zero-order valence-electron chi connectivity index (χ0n) is 13.9. The number of nitrogens with zero attached hydrogens (tertiary/aromatic N) is 5. The summed E-state index contributed by atoms with van der Waals surface area (Å²) < 4.78 is 41.8. The Bertz CT molecular complexity index is 970. The van der Waals surface area contributed by atoms with E-state index in [1.807, 2.05) is 0 Å². The van der Waals surface area contributed by atoms with Crippen molar-refractivity contribution >= 4 is 17.5 Å². The number of hydrogen-bond acceptors (Lipinski definition) is 7. The lowest BCUT2D eigenvalue weighted by molar-refractivity contribution is 0.140. The zero-order valence-corrected chi connectivity index (χ0v) is 13.9. The van der Waals surface area contributed by atoms with Crippen molar-refractivity contribution in [1.29, 1.82) is 0 Å². The van der Waals surface area contributed by atoms with Crippen LogP contribution in [0.4, 0.5) is 30.6 Å². The van der Waals surface area contributed by atoms with Crippen molar-refractivity contribution in [3.63, 3.8) is 0 Å². The van der Waals surface area contributed by atoms with Crippen LogP contribution in [-0.4, -0.2) is 37.8 Å². The maximum absolute atomic E-state index is 14.5. The number of hydrogen-bond donors (Lipinski definition) is 3. The molecule has 0 unspecified atom stereocenters. The van der Waals surface area contributed by atoms with Crippen molar-refractivity contribution in [3.05, 3.63) is 42.4 Å². The highest BCUT2D eigenvalue weighted by Crippen LogP contribution is 2.26. The second kappa shape index (κ2) is 6.83. The summed E-state index contributed by atoms with van der Waals surface area (Å²) in [5, 5.41) is 10.0. The lowest BCUT2D eigenvalue weighted by atomic mass is 10.1. The first kappa shape index (κ1) is 17.2. The van der Waals surface area contributed by atoms with E-state index in [0.717, 1.165) is 19.2 Å². The quantitative estimate of drug-likeness (QED) is 0.627. The Morgan fingerprint density at radius 3 is 2.67 bits per heavy atom. The van der Waals surface area contributed by atoms with Gasteiger partial charge in [-0.2, -0.15) is 5.10 Å². The number of alkyl halides is 2. The van der Waals surface area contributed by atoms with Gasteiger partial charge in [0.25, 0.3) is 6.43 Å². The van der Waals surface area contributed by atoms with Gasteiger partial charge in [-0.05, 0) is 0 Å². The van der Waals surface area contributed by atoms with Gasteiger partial charge in [-0.1, -0.05) is 0 Å². The van der Waals surface area contributed by atoms with E-state index in [9.17, 15) is 13.2 Å². The average Bonchev–Trinajstić information content (AvgIpc) is 3.01. The highest BCUT2D eigenvalue weighted by atomic mass is 19.3. The third-order valence-corrected chi connectivity index (χ3v) is 4.11. The molecule has 0 aromatic carbocycles. The average molecular weight is 376 g/mol. The Hall–Kier alpha value is -3.21. The third kappa shape index (κ3) is 3.53. The molecule has 1 fully saturated rings. The second-order valence-electron chi connectivity index (χ2n) is 6.03. The lowest BCUT2D eigenvalue weighted by Gasteiger charge is -2.27. The first-order chi connectivity index (χ1) is 13.0. The van der Waals surface area contributed by atoms with E-state index >= 15 is 0 Å². The van der Waals surface area contributed by atoms with Crippen LogP contribution in [0.5, 0.6) is 0 Å². The van der Waals surface area contributed by atoms with Crippen LogP contribution in [0.3, 0.4) is 0 Å². The maximum Gasteiger partial charge on any atom is 0.297 e. The molecule has 0 atom stereocenters. The van der Waals surface area contributed by atoms with Gasteiger partial charge in [0.2, 0.25) is 0 Å². The molecule has 1 aliphatic heterocycles. The summed E-state index contributed by atoms with van der Waals surface area (Å²) in [6.07, 6.45) is 1.81. The molecule has 0 aliphatic carbocycles. The predicted octanol–water partition coefficient (Wildman–Crippen LogP) is 2.28. The number of anilines is 3. The van der Waals surface area contributed by atoms with Crippen LogP contribution < -0.4 is 16.4 Å². The minimum absolute atomic E-state index is 0.00255. The van der Waals surface area contributed by atoms with Crippen LogP contribution in [0, 0.1) is 5.82 Å². The summed E-state index contributed by atoms with van der Waals surface area (Å²) in [6.45, 7) is 1.65. The number of aromatic nitrogens is 5. The largest absolute Gasteiger partial charge is 0.384 e. The molecule has 1 saturated heterocycles. The van der Waals surface area contributed by atoms with Crippen LogP contribution in [0.2, 0.25) is 0 Å². The van der Waals surface area contributed by atoms with Crippen LogP contribution >= 0.6 is 0 Å². The first-order valence-corrected chi connectivity index (χ1v) is 8.10. The standard InChI is InChI=1S/C16H15F3N8/c17-11-1-13(25-14-2-12(20)24-16(26-14)15(18)19)22-6-10(11)8-3-23-27(7-8)9-4-21-5-9/h1-3,6-7,9,15,21H,4-5H2,(H3,20,22,24,25,26). The second-order valence-corrected chi connectivity index (χ2v) is 6.03. The monoisotopic (exact) mass is 376 g/mol. The molecule has 27 heavy (non-hydrogen) atoms. The first-order valence-electron chi connectivity index (χ1n) is 8.10. The van der Waals surface area contributed by atoms with E-state index in [1.165, 1.54) is 12.3 Å². The Labute approximate surface area is 151 Å². The number of nitrogens with two attached hydrogens (primary N) is 1. The van der Waals surface area contributed by atoms with Crippen LogP contribution in [-0.2, 0) is 0 Å². The summed E-state index contributed by atoms with van der Waals surface area (Å²) in [4.78, 5) is 11.2. The molecule has 4 heterocycles. The van der Waals surface area contributed by atoms with Crippen molar-refractivity contribution in [2.45, 2.75) is 12.5 Å². The number of halogens is 3. The molecule has 1 aliphatic rings. The molecule has 4 rings (SSSR count).